The molecule has 1 amide bonds. The molecule has 22 heavy (non-hydrogen) atoms. The molecule has 1 aliphatic heterocycles. The van der Waals surface area contributed by atoms with Crippen LogP contribution in [0.3, 0.4) is 0 Å². The second kappa shape index (κ2) is 5.68. The zero-order chi connectivity index (χ0) is 15.7. The van der Waals surface area contributed by atoms with Crippen molar-refractivity contribution in [3.05, 3.63) is 35.6 Å². The molecule has 0 radical (unpaired) electrons. The fourth-order valence-corrected chi connectivity index (χ4v) is 3.04. The number of hydrogen-bond donors (Lipinski definition) is 1. The zero-order valence-corrected chi connectivity index (χ0v) is 12.1. The Hall–Kier alpha value is -1.95. The van der Waals surface area contributed by atoms with E-state index in [-0.39, 0.29) is 18.1 Å². The summed E-state index contributed by atoms with van der Waals surface area (Å²) in [4.78, 5) is 25.3. The topological polar surface area (TPSA) is 66.8 Å². The molecule has 5 nitrogen and oxygen atoms in total. The van der Waals surface area contributed by atoms with Gasteiger partial charge in [0.25, 0.3) is 0 Å². The first-order valence-corrected chi connectivity index (χ1v) is 7.40. The fourth-order valence-electron chi connectivity index (χ4n) is 3.04. The molecule has 1 saturated heterocycles. The van der Waals surface area contributed by atoms with Gasteiger partial charge >= 0.3 is 5.97 Å². The van der Waals surface area contributed by atoms with Crippen LogP contribution >= 0.6 is 0 Å². The molecule has 2 fully saturated rings. The number of nitrogens with zero attached hydrogens (tertiary/aromatic N) is 1. The van der Waals surface area contributed by atoms with E-state index >= 15 is 0 Å². The Balaban J connectivity index is 1.73. The van der Waals surface area contributed by atoms with Gasteiger partial charge < -0.3 is 14.7 Å². The number of carbonyl (C=O) groups is 2. The molecule has 6 heteroatoms. The van der Waals surface area contributed by atoms with Crippen molar-refractivity contribution in [3.8, 4) is 0 Å². The van der Waals surface area contributed by atoms with Crippen LogP contribution < -0.4 is 0 Å². The van der Waals surface area contributed by atoms with Crippen molar-refractivity contribution in [1.82, 2.24) is 4.90 Å². The van der Waals surface area contributed by atoms with Crippen molar-refractivity contribution in [2.75, 3.05) is 19.7 Å². The van der Waals surface area contributed by atoms with E-state index in [1.807, 2.05) is 0 Å². The minimum atomic E-state index is -0.932. The fraction of sp³-hybridized carbons (Fsp3) is 0.500. The molecule has 1 aromatic carbocycles. The Bertz CT molecular complexity index is 582. The molecule has 118 valence electrons. The van der Waals surface area contributed by atoms with Crippen molar-refractivity contribution >= 4 is 11.9 Å². The molecule has 1 aromatic rings. The number of halogens is 1. The van der Waals surface area contributed by atoms with Gasteiger partial charge in [0, 0.05) is 13.1 Å². The predicted octanol–water partition coefficient (Wildman–Crippen LogP) is 1.56. The minimum absolute atomic E-state index is 0.00204. The van der Waals surface area contributed by atoms with Crippen molar-refractivity contribution in [3.63, 3.8) is 0 Å². The Morgan fingerprint density at radius 3 is 2.59 bits per heavy atom. The van der Waals surface area contributed by atoms with Crippen LogP contribution in [0.4, 0.5) is 4.39 Å². The number of carboxylic acids is 1. The maximum absolute atomic E-state index is 13.1. The molecule has 1 N–H and O–H groups in total. The van der Waals surface area contributed by atoms with Crippen LogP contribution in [-0.4, -0.2) is 47.7 Å². The molecule has 2 aliphatic rings. The van der Waals surface area contributed by atoms with E-state index in [0.29, 0.717) is 19.7 Å². The summed E-state index contributed by atoms with van der Waals surface area (Å²) in [6.45, 7) is 1.12. The van der Waals surface area contributed by atoms with Gasteiger partial charge in [0.1, 0.15) is 5.82 Å². The lowest BCUT2D eigenvalue weighted by molar-refractivity contribution is -0.149. The first-order valence-electron chi connectivity index (χ1n) is 7.40. The molecule has 1 atom stereocenters. The van der Waals surface area contributed by atoms with Crippen molar-refractivity contribution in [2.24, 2.45) is 0 Å². The monoisotopic (exact) mass is 307 g/mol. The summed E-state index contributed by atoms with van der Waals surface area (Å²) in [5, 5.41) is 8.85. The van der Waals surface area contributed by atoms with E-state index in [2.05, 4.69) is 0 Å². The Labute approximate surface area is 127 Å². The van der Waals surface area contributed by atoms with Gasteiger partial charge in [-0.25, -0.2) is 4.39 Å². The van der Waals surface area contributed by atoms with Gasteiger partial charge in [-0.05, 0) is 30.5 Å². The van der Waals surface area contributed by atoms with Crippen LogP contribution in [0.2, 0.25) is 0 Å². The number of amides is 1. The lowest BCUT2D eigenvalue weighted by atomic mass is 9.94. The van der Waals surface area contributed by atoms with Crippen molar-refractivity contribution < 1.29 is 23.8 Å². The number of hydrogen-bond acceptors (Lipinski definition) is 3. The van der Waals surface area contributed by atoms with E-state index in [4.69, 9.17) is 9.84 Å². The standard InChI is InChI=1S/C16H18FNO4/c17-12-3-1-11(2-4-12)16(5-6-16)15(21)18-7-8-22-13(10-18)9-14(19)20/h1-4,13H,5-10H2,(H,19,20). The molecule has 0 spiro atoms. The van der Waals surface area contributed by atoms with Gasteiger partial charge in [-0.15, -0.1) is 0 Å². The van der Waals surface area contributed by atoms with Crippen molar-refractivity contribution in [1.29, 1.82) is 0 Å². The second-order valence-electron chi connectivity index (χ2n) is 5.93. The van der Waals surface area contributed by atoms with E-state index in [9.17, 15) is 14.0 Å². The van der Waals surface area contributed by atoms with Crippen LogP contribution in [0.1, 0.15) is 24.8 Å². The first-order chi connectivity index (χ1) is 10.5. The van der Waals surface area contributed by atoms with E-state index in [0.717, 1.165) is 18.4 Å². The molecule has 1 saturated carbocycles. The molecule has 3 rings (SSSR count). The Morgan fingerprint density at radius 2 is 2.00 bits per heavy atom. The number of carboxylic acid groups (broad SMARTS) is 1. The summed E-state index contributed by atoms with van der Waals surface area (Å²) in [6.07, 6.45) is 0.934. The number of benzene rings is 1. The molecule has 1 heterocycles. The Kier molecular flexibility index (Phi) is 3.87. The summed E-state index contributed by atoms with van der Waals surface area (Å²) in [5.74, 6) is -1.25. The van der Waals surface area contributed by atoms with Crippen LogP contribution in [-0.2, 0) is 19.7 Å². The SMILES string of the molecule is O=C(O)CC1CN(C(=O)C2(c3ccc(F)cc3)CC2)CCO1. The third-order valence-electron chi connectivity index (χ3n) is 4.38. The van der Waals surface area contributed by atoms with E-state index in [1.54, 1.807) is 17.0 Å². The molecular weight excluding hydrogens is 289 g/mol. The number of aliphatic carboxylic acids is 1. The van der Waals surface area contributed by atoms with Crippen LogP contribution in [0, 0.1) is 5.82 Å². The number of ether oxygens (including phenoxy) is 1. The summed E-state index contributed by atoms with van der Waals surface area (Å²) < 4.78 is 18.5. The van der Waals surface area contributed by atoms with Crippen LogP contribution in [0.5, 0.6) is 0 Å². The molecule has 1 unspecified atom stereocenters. The number of rotatable bonds is 4. The first kappa shape index (κ1) is 15.0. The van der Waals surface area contributed by atoms with E-state index in [1.165, 1.54) is 12.1 Å². The highest BCUT2D eigenvalue weighted by molar-refractivity contribution is 5.91. The minimum Gasteiger partial charge on any atom is -0.481 e. The third kappa shape index (κ3) is 2.83. The number of carbonyl (C=O) groups excluding carboxylic acids is 1. The summed E-state index contributed by atoms with van der Waals surface area (Å²) in [5.41, 5.74) is 0.277. The van der Waals surface area contributed by atoms with Crippen molar-refractivity contribution in [2.45, 2.75) is 30.8 Å². The van der Waals surface area contributed by atoms with Gasteiger partial charge in [-0.2, -0.15) is 0 Å². The summed E-state index contributed by atoms with van der Waals surface area (Å²) in [6, 6.07) is 6.06. The van der Waals surface area contributed by atoms with E-state index < -0.39 is 17.5 Å². The quantitative estimate of drug-likeness (QED) is 0.916. The average molecular weight is 307 g/mol. The normalized spacial score (nSPS) is 23.1. The lowest BCUT2D eigenvalue weighted by Crippen LogP contribution is -2.49. The predicted molar refractivity (Wildman–Crippen MR) is 75.9 cm³/mol. The zero-order valence-electron chi connectivity index (χ0n) is 12.1. The highest BCUT2D eigenvalue weighted by atomic mass is 19.1. The maximum atomic E-state index is 13.1. The average Bonchev–Trinajstić information content (AvgIpc) is 3.28. The molecule has 1 aliphatic carbocycles. The van der Waals surface area contributed by atoms with Gasteiger partial charge in [0.15, 0.2) is 0 Å². The third-order valence-corrected chi connectivity index (χ3v) is 4.38. The molecular formula is C16H18FNO4. The molecule has 0 bridgehead atoms. The molecule has 0 aromatic heterocycles. The maximum Gasteiger partial charge on any atom is 0.306 e. The van der Waals surface area contributed by atoms with Crippen LogP contribution in [0.25, 0.3) is 0 Å². The lowest BCUT2D eigenvalue weighted by Gasteiger charge is -2.35. The largest absolute Gasteiger partial charge is 0.481 e. The van der Waals surface area contributed by atoms with Gasteiger partial charge in [-0.3, -0.25) is 9.59 Å². The van der Waals surface area contributed by atoms with Gasteiger partial charge in [0.2, 0.25) is 5.91 Å². The smallest absolute Gasteiger partial charge is 0.306 e. The number of morpholine rings is 1. The van der Waals surface area contributed by atoms with Gasteiger partial charge in [0.05, 0.1) is 24.5 Å². The highest BCUT2D eigenvalue weighted by Gasteiger charge is 2.53. The van der Waals surface area contributed by atoms with Crippen LogP contribution in [0.15, 0.2) is 24.3 Å². The highest BCUT2D eigenvalue weighted by Crippen LogP contribution is 2.49. The second-order valence-corrected chi connectivity index (χ2v) is 5.93. The summed E-state index contributed by atoms with van der Waals surface area (Å²) in [7, 11) is 0. The summed E-state index contributed by atoms with van der Waals surface area (Å²) >= 11 is 0. The Morgan fingerprint density at radius 1 is 1.32 bits per heavy atom. The van der Waals surface area contributed by atoms with Gasteiger partial charge in [-0.1, -0.05) is 12.1 Å².